The van der Waals surface area contributed by atoms with E-state index in [4.69, 9.17) is 9.47 Å². The fourth-order valence-corrected chi connectivity index (χ4v) is 1.95. The summed E-state index contributed by atoms with van der Waals surface area (Å²) in [6, 6.07) is 12.1. The molecule has 110 valence electrons. The Bertz CT molecular complexity index is 627. The molecule has 1 N–H and O–H groups in total. The highest BCUT2D eigenvalue weighted by Gasteiger charge is 2.25. The molecule has 2 aromatic carbocycles. The van der Waals surface area contributed by atoms with Gasteiger partial charge in [-0.2, -0.15) is 0 Å². The van der Waals surface area contributed by atoms with Crippen LogP contribution in [0.5, 0.6) is 11.5 Å². The van der Waals surface area contributed by atoms with E-state index >= 15 is 0 Å². The Kier molecular flexibility index (Phi) is 4.77. The van der Waals surface area contributed by atoms with Gasteiger partial charge in [0.05, 0.1) is 7.11 Å². The molecule has 0 aromatic heterocycles. The topological polar surface area (TPSA) is 55.8 Å². The highest BCUT2D eigenvalue weighted by Crippen LogP contribution is 2.27. The Morgan fingerprint density at radius 1 is 1.24 bits per heavy atom. The van der Waals surface area contributed by atoms with Crippen LogP contribution >= 0.6 is 0 Å². The minimum Gasteiger partial charge on any atom is -0.508 e. The second-order valence-corrected chi connectivity index (χ2v) is 4.40. The van der Waals surface area contributed by atoms with Crippen LogP contribution in [0.25, 0.3) is 0 Å². The molecule has 0 fully saturated rings. The molecule has 2 rings (SSSR count). The van der Waals surface area contributed by atoms with Gasteiger partial charge in [0.2, 0.25) is 0 Å². The maximum absolute atomic E-state index is 13.1. The molecule has 0 aliphatic carbocycles. The van der Waals surface area contributed by atoms with Gasteiger partial charge >= 0.3 is 5.97 Å². The minimum absolute atomic E-state index is 0.0178. The number of esters is 1. The highest BCUT2D eigenvalue weighted by atomic mass is 19.1. The van der Waals surface area contributed by atoms with Gasteiger partial charge in [-0.3, -0.25) is 4.79 Å². The number of hydrogen-bond acceptors (Lipinski definition) is 4. The Labute approximate surface area is 121 Å². The zero-order valence-electron chi connectivity index (χ0n) is 11.5. The van der Waals surface area contributed by atoms with E-state index in [0.29, 0.717) is 11.3 Å². The molecule has 0 aliphatic heterocycles. The second-order valence-electron chi connectivity index (χ2n) is 4.40. The van der Waals surface area contributed by atoms with Crippen molar-refractivity contribution in [2.24, 2.45) is 0 Å². The number of phenolic OH excluding ortho intramolecular Hbond substituents is 1. The number of rotatable bonds is 5. The lowest BCUT2D eigenvalue weighted by atomic mass is 9.99. The summed E-state index contributed by atoms with van der Waals surface area (Å²) in [6.07, 6.45) is 0. The molecule has 0 amide bonds. The number of phenols is 1. The standard InChI is InChI=1S/C16H15FO4/c1-20-16(19)14(13-7-2-3-8-15(13)18)10-21-12-6-4-5-11(17)9-12/h2-9,14,18H,10H2,1H3. The van der Waals surface area contributed by atoms with Gasteiger partial charge in [-0.05, 0) is 18.2 Å². The fraction of sp³-hybridized carbons (Fsp3) is 0.188. The predicted molar refractivity (Wildman–Crippen MR) is 74.8 cm³/mol. The van der Waals surface area contributed by atoms with Crippen LogP contribution in [0.1, 0.15) is 11.5 Å². The number of benzene rings is 2. The van der Waals surface area contributed by atoms with E-state index in [-0.39, 0.29) is 12.4 Å². The van der Waals surface area contributed by atoms with Crippen molar-refractivity contribution < 1.29 is 23.8 Å². The first-order valence-electron chi connectivity index (χ1n) is 6.36. The molecule has 0 saturated carbocycles. The quantitative estimate of drug-likeness (QED) is 0.860. The van der Waals surface area contributed by atoms with Crippen molar-refractivity contribution >= 4 is 5.97 Å². The summed E-state index contributed by atoms with van der Waals surface area (Å²) < 4.78 is 23.3. The minimum atomic E-state index is -0.792. The Morgan fingerprint density at radius 2 is 2.00 bits per heavy atom. The summed E-state index contributed by atoms with van der Waals surface area (Å²) in [4.78, 5) is 11.9. The van der Waals surface area contributed by atoms with Crippen molar-refractivity contribution in [1.29, 1.82) is 0 Å². The van der Waals surface area contributed by atoms with E-state index < -0.39 is 17.7 Å². The summed E-state index contributed by atoms with van der Waals surface area (Å²) in [5.74, 6) is -1.47. The maximum Gasteiger partial charge on any atom is 0.316 e. The van der Waals surface area contributed by atoms with Gasteiger partial charge < -0.3 is 14.6 Å². The van der Waals surface area contributed by atoms with Gasteiger partial charge in [-0.1, -0.05) is 24.3 Å². The maximum atomic E-state index is 13.1. The number of carbonyl (C=O) groups is 1. The summed E-state index contributed by atoms with van der Waals surface area (Å²) in [6.45, 7) is -0.0618. The molecule has 21 heavy (non-hydrogen) atoms. The first-order chi connectivity index (χ1) is 10.1. The van der Waals surface area contributed by atoms with Crippen molar-refractivity contribution in [3.63, 3.8) is 0 Å². The van der Waals surface area contributed by atoms with Crippen molar-refractivity contribution in [1.82, 2.24) is 0 Å². The molecule has 0 aliphatic rings. The van der Waals surface area contributed by atoms with E-state index in [1.54, 1.807) is 24.3 Å². The Hall–Kier alpha value is -2.56. The third-order valence-electron chi connectivity index (χ3n) is 3.01. The molecule has 4 nitrogen and oxygen atoms in total. The van der Waals surface area contributed by atoms with Gasteiger partial charge in [0.15, 0.2) is 0 Å². The first-order valence-corrected chi connectivity index (χ1v) is 6.36. The number of para-hydroxylation sites is 1. The molecule has 1 atom stereocenters. The van der Waals surface area contributed by atoms with E-state index in [9.17, 15) is 14.3 Å². The van der Waals surface area contributed by atoms with Crippen LogP contribution in [0.4, 0.5) is 4.39 Å². The number of aromatic hydroxyl groups is 1. The molecule has 2 aromatic rings. The van der Waals surface area contributed by atoms with Gasteiger partial charge in [-0.15, -0.1) is 0 Å². The summed E-state index contributed by atoms with van der Waals surface area (Å²) in [5.41, 5.74) is 0.403. The van der Waals surface area contributed by atoms with Crippen LogP contribution in [0, 0.1) is 5.82 Å². The molecule has 1 unspecified atom stereocenters. The number of methoxy groups -OCH3 is 1. The SMILES string of the molecule is COC(=O)C(COc1cccc(F)c1)c1ccccc1O. The first kappa shape index (κ1) is 14.8. The molecule has 0 radical (unpaired) electrons. The van der Waals surface area contributed by atoms with E-state index in [2.05, 4.69) is 0 Å². The van der Waals surface area contributed by atoms with E-state index in [1.807, 2.05) is 0 Å². The smallest absolute Gasteiger partial charge is 0.316 e. The molecule has 0 bridgehead atoms. The monoisotopic (exact) mass is 290 g/mol. The molecule has 5 heteroatoms. The van der Waals surface area contributed by atoms with Crippen LogP contribution in [0.15, 0.2) is 48.5 Å². The van der Waals surface area contributed by atoms with E-state index in [0.717, 1.165) is 0 Å². The number of halogens is 1. The third kappa shape index (κ3) is 3.72. The summed E-state index contributed by atoms with van der Waals surface area (Å²) in [7, 11) is 1.26. The van der Waals surface area contributed by atoms with Crippen molar-refractivity contribution in [2.45, 2.75) is 5.92 Å². The van der Waals surface area contributed by atoms with Crippen molar-refractivity contribution in [3.8, 4) is 11.5 Å². The molecule has 0 spiro atoms. The summed E-state index contributed by atoms with van der Waals surface area (Å²) >= 11 is 0. The molecular weight excluding hydrogens is 275 g/mol. The lowest BCUT2D eigenvalue weighted by Crippen LogP contribution is -2.21. The van der Waals surface area contributed by atoms with Gasteiger partial charge in [0.1, 0.15) is 29.8 Å². The second kappa shape index (κ2) is 6.74. The highest BCUT2D eigenvalue weighted by molar-refractivity contribution is 5.79. The average Bonchev–Trinajstić information content (AvgIpc) is 2.49. The Balaban J connectivity index is 2.18. The average molecular weight is 290 g/mol. The zero-order valence-corrected chi connectivity index (χ0v) is 11.5. The van der Waals surface area contributed by atoms with Crippen LogP contribution in [0.3, 0.4) is 0 Å². The third-order valence-corrected chi connectivity index (χ3v) is 3.01. The van der Waals surface area contributed by atoms with Gasteiger partial charge in [0.25, 0.3) is 0 Å². The fourth-order valence-electron chi connectivity index (χ4n) is 1.95. The number of hydrogen-bond donors (Lipinski definition) is 1. The largest absolute Gasteiger partial charge is 0.508 e. The predicted octanol–water partition coefficient (Wildman–Crippen LogP) is 2.87. The van der Waals surface area contributed by atoms with Crippen LogP contribution in [-0.2, 0) is 9.53 Å². The lowest BCUT2D eigenvalue weighted by Gasteiger charge is -2.17. The molecule has 0 saturated heterocycles. The van der Waals surface area contributed by atoms with Crippen LogP contribution in [-0.4, -0.2) is 24.8 Å². The van der Waals surface area contributed by atoms with Crippen LogP contribution < -0.4 is 4.74 Å². The van der Waals surface area contributed by atoms with Crippen LogP contribution in [0.2, 0.25) is 0 Å². The normalized spacial score (nSPS) is 11.7. The Morgan fingerprint density at radius 3 is 2.67 bits per heavy atom. The zero-order chi connectivity index (χ0) is 15.2. The van der Waals surface area contributed by atoms with Gasteiger partial charge in [0, 0.05) is 11.6 Å². The van der Waals surface area contributed by atoms with Crippen molar-refractivity contribution in [2.75, 3.05) is 13.7 Å². The lowest BCUT2D eigenvalue weighted by molar-refractivity contribution is -0.143. The molecular formula is C16H15FO4. The van der Waals surface area contributed by atoms with Crippen molar-refractivity contribution in [3.05, 3.63) is 59.9 Å². The number of ether oxygens (including phenoxy) is 2. The molecule has 0 heterocycles. The van der Waals surface area contributed by atoms with E-state index in [1.165, 1.54) is 31.4 Å². The summed E-state index contributed by atoms with van der Waals surface area (Å²) in [5, 5.41) is 9.84. The number of carbonyl (C=O) groups excluding carboxylic acids is 1. The van der Waals surface area contributed by atoms with Gasteiger partial charge in [-0.25, -0.2) is 4.39 Å².